The first kappa shape index (κ1) is 17.0. The highest BCUT2D eigenvalue weighted by Gasteiger charge is 2.27. The maximum Gasteiger partial charge on any atom is 0.276 e. The Morgan fingerprint density at radius 1 is 1.18 bits per heavy atom. The van der Waals surface area contributed by atoms with Crippen LogP contribution in [0.2, 0.25) is 0 Å². The summed E-state index contributed by atoms with van der Waals surface area (Å²) in [4.78, 5) is 2.69. The van der Waals surface area contributed by atoms with Crippen LogP contribution in [-0.2, 0) is 10.0 Å². The predicted molar refractivity (Wildman–Crippen MR) is 90.3 cm³/mol. The summed E-state index contributed by atoms with van der Waals surface area (Å²) in [5, 5.41) is 4.29. The molecule has 0 amide bonds. The average molecular weight is 322 g/mol. The Balaban J connectivity index is 2.19. The summed E-state index contributed by atoms with van der Waals surface area (Å²) in [6.45, 7) is 8.47. The monoisotopic (exact) mass is 322 g/mol. The Labute approximate surface area is 134 Å². The fourth-order valence-electron chi connectivity index (χ4n) is 2.98. The number of hydrogen-bond donors (Lipinski definition) is 1. The second-order valence-corrected chi connectivity index (χ2v) is 8.41. The quantitative estimate of drug-likeness (QED) is 0.859. The lowest BCUT2D eigenvalue weighted by Crippen LogP contribution is -2.31. The van der Waals surface area contributed by atoms with Gasteiger partial charge in [0.05, 0.1) is 4.90 Å². The Kier molecular flexibility index (Phi) is 5.27. The third-order valence-electron chi connectivity index (χ3n) is 4.40. The van der Waals surface area contributed by atoms with E-state index >= 15 is 0 Å². The summed E-state index contributed by atoms with van der Waals surface area (Å²) in [6.07, 6.45) is 3.15. The predicted octanol–water partition coefficient (Wildman–Crippen LogP) is 3.72. The van der Waals surface area contributed by atoms with Gasteiger partial charge in [0.2, 0.25) is 0 Å². The van der Waals surface area contributed by atoms with E-state index in [1.807, 2.05) is 6.92 Å². The number of rotatable bonds is 4. The number of hydrogen-bond acceptors (Lipinski definition) is 3. The van der Waals surface area contributed by atoms with Gasteiger partial charge in [-0.1, -0.05) is 38.5 Å². The lowest BCUT2D eigenvalue weighted by molar-refractivity contribution is 0.363. The average Bonchev–Trinajstić information content (AvgIpc) is 2.45. The Bertz CT molecular complexity index is 633. The standard InChI is InChI=1S/C17H26N2O2S/c1-12(2)16-10-7-14(4)11-17(16)18-19-22(20,21)15-8-5-13(3)6-9-15/h5-6,8-9,12,14,16,19H,7,10-11H2,1-4H3/b18-17+/t14-,16+/m0/s1. The highest BCUT2D eigenvalue weighted by atomic mass is 32.2. The highest BCUT2D eigenvalue weighted by Crippen LogP contribution is 2.31. The summed E-state index contributed by atoms with van der Waals surface area (Å²) >= 11 is 0. The molecule has 1 N–H and O–H groups in total. The van der Waals surface area contributed by atoms with E-state index in [0.717, 1.165) is 24.1 Å². The molecule has 0 spiro atoms. The Hall–Kier alpha value is -1.36. The molecular formula is C17H26N2O2S. The molecule has 0 aliphatic heterocycles. The van der Waals surface area contributed by atoms with E-state index in [1.165, 1.54) is 6.42 Å². The number of sulfonamides is 1. The van der Waals surface area contributed by atoms with Gasteiger partial charge in [-0.25, -0.2) is 4.83 Å². The van der Waals surface area contributed by atoms with Crippen LogP contribution >= 0.6 is 0 Å². The summed E-state index contributed by atoms with van der Waals surface area (Å²) < 4.78 is 24.7. The van der Waals surface area contributed by atoms with Crippen molar-refractivity contribution in [1.82, 2.24) is 4.83 Å². The lowest BCUT2D eigenvalue weighted by Gasteiger charge is -2.30. The molecule has 0 radical (unpaired) electrons. The van der Waals surface area contributed by atoms with Crippen molar-refractivity contribution in [3.05, 3.63) is 29.8 Å². The molecule has 0 aromatic heterocycles. The summed E-state index contributed by atoms with van der Waals surface area (Å²) in [5.74, 6) is 1.42. The minimum absolute atomic E-state index is 0.257. The maximum atomic E-state index is 12.3. The molecule has 122 valence electrons. The molecule has 2 atom stereocenters. The molecule has 1 aromatic carbocycles. The molecular weight excluding hydrogens is 296 g/mol. The van der Waals surface area contributed by atoms with Crippen LogP contribution in [0.5, 0.6) is 0 Å². The van der Waals surface area contributed by atoms with Crippen LogP contribution < -0.4 is 4.83 Å². The first-order chi connectivity index (χ1) is 10.3. The lowest BCUT2D eigenvalue weighted by atomic mass is 9.76. The number of nitrogens with zero attached hydrogens (tertiary/aromatic N) is 1. The molecule has 0 heterocycles. The van der Waals surface area contributed by atoms with E-state index in [9.17, 15) is 8.42 Å². The molecule has 0 saturated heterocycles. The van der Waals surface area contributed by atoms with Crippen molar-refractivity contribution >= 4 is 15.7 Å². The molecule has 5 heteroatoms. The summed E-state index contributed by atoms with van der Waals surface area (Å²) in [7, 11) is -3.58. The van der Waals surface area contributed by atoms with Crippen molar-refractivity contribution < 1.29 is 8.42 Å². The van der Waals surface area contributed by atoms with Gasteiger partial charge < -0.3 is 0 Å². The largest absolute Gasteiger partial charge is 0.276 e. The van der Waals surface area contributed by atoms with Gasteiger partial charge in [-0.15, -0.1) is 0 Å². The van der Waals surface area contributed by atoms with Gasteiger partial charge in [0.15, 0.2) is 0 Å². The minimum Gasteiger partial charge on any atom is -0.200 e. The topological polar surface area (TPSA) is 58.5 Å². The van der Waals surface area contributed by atoms with Gasteiger partial charge in [0, 0.05) is 11.6 Å². The molecule has 1 aliphatic rings. The van der Waals surface area contributed by atoms with Crippen molar-refractivity contribution in [1.29, 1.82) is 0 Å². The van der Waals surface area contributed by atoms with Crippen LogP contribution in [0.1, 0.15) is 45.6 Å². The van der Waals surface area contributed by atoms with E-state index in [4.69, 9.17) is 0 Å². The number of aryl methyl sites for hydroxylation is 1. The molecule has 1 aliphatic carbocycles. The minimum atomic E-state index is -3.58. The Morgan fingerprint density at radius 3 is 2.41 bits per heavy atom. The Morgan fingerprint density at radius 2 is 1.82 bits per heavy atom. The fraction of sp³-hybridized carbons (Fsp3) is 0.588. The van der Waals surface area contributed by atoms with E-state index in [1.54, 1.807) is 24.3 Å². The second-order valence-electron chi connectivity index (χ2n) is 6.75. The van der Waals surface area contributed by atoms with Gasteiger partial charge in [-0.2, -0.15) is 13.5 Å². The van der Waals surface area contributed by atoms with Crippen LogP contribution in [0.15, 0.2) is 34.3 Å². The number of hydrazone groups is 1. The zero-order chi connectivity index (χ0) is 16.3. The van der Waals surface area contributed by atoms with Crippen molar-refractivity contribution in [2.45, 2.75) is 51.9 Å². The van der Waals surface area contributed by atoms with Crippen molar-refractivity contribution in [3.63, 3.8) is 0 Å². The number of benzene rings is 1. The zero-order valence-corrected chi connectivity index (χ0v) is 14.7. The van der Waals surface area contributed by atoms with Crippen LogP contribution in [0.4, 0.5) is 0 Å². The van der Waals surface area contributed by atoms with Gasteiger partial charge in [0.1, 0.15) is 0 Å². The van der Waals surface area contributed by atoms with Gasteiger partial charge in [-0.05, 0) is 50.2 Å². The summed E-state index contributed by atoms with van der Waals surface area (Å²) in [5.41, 5.74) is 2.02. The highest BCUT2D eigenvalue weighted by molar-refractivity contribution is 7.89. The first-order valence-electron chi connectivity index (χ1n) is 7.94. The third kappa shape index (κ3) is 4.09. The van der Waals surface area contributed by atoms with E-state index < -0.39 is 10.0 Å². The molecule has 0 unspecified atom stereocenters. The molecule has 2 rings (SSSR count). The van der Waals surface area contributed by atoms with Gasteiger partial charge in [-0.3, -0.25) is 0 Å². The van der Waals surface area contributed by atoms with Crippen molar-refractivity contribution in [2.75, 3.05) is 0 Å². The molecule has 4 nitrogen and oxygen atoms in total. The maximum absolute atomic E-state index is 12.3. The van der Waals surface area contributed by atoms with Crippen molar-refractivity contribution in [2.24, 2.45) is 22.9 Å². The van der Waals surface area contributed by atoms with Gasteiger partial charge in [0.25, 0.3) is 10.0 Å². The molecule has 0 bridgehead atoms. The third-order valence-corrected chi connectivity index (χ3v) is 5.63. The van der Waals surface area contributed by atoms with Crippen molar-refractivity contribution in [3.8, 4) is 0 Å². The smallest absolute Gasteiger partial charge is 0.200 e. The van der Waals surface area contributed by atoms with Crippen LogP contribution in [0, 0.1) is 24.7 Å². The zero-order valence-electron chi connectivity index (χ0n) is 13.8. The van der Waals surface area contributed by atoms with E-state index in [2.05, 4.69) is 30.7 Å². The van der Waals surface area contributed by atoms with E-state index in [0.29, 0.717) is 17.8 Å². The molecule has 1 aromatic rings. The molecule has 1 fully saturated rings. The normalized spacial score (nSPS) is 24.7. The SMILES string of the molecule is Cc1ccc(S(=O)(=O)N/N=C2\C[C@@H](C)CC[C@@H]2C(C)C)cc1. The number of nitrogens with one attached hydrogen (secondary N) is 1. The van der Waals surface area contributed by atoms with Crippen LogP contribution in [0.3, 0.4) is 0 Å². The first-order valence-corrected chi connectivity index (χ1v) is 9.43. The summed E-state index contributed by atoms with van der Waals surface area (Å²) in [6, 6.07) is 6.81. The molecule has 1 saturated carbocycles. The molecule has 22 heavy (non-hydrogen) atoms. The van der Waals surface area contributed by atoms with Gasteiger partial charge >= 0.3 is 0 Å². The van der Waals surface area contributed by atoms with Crippen LogP contribution in [0.25, 0.3) is 0 Å². The second kappa shape index (κ2) is 6.82. The fourth-order valence-corrected chi connectivity index (χ4v) is 3.81. The van der Waals surface area contributed by atoms with Crippen LogP contribution in [-0.4, -0.2) is 14.1 Å². The van der Waals surface area contributed by atoms with E-state index in [-0.39, 0.29) is 4.90 Å².